The van der Waals surface area contributed by atoms with Crippen molar-refractivity contribution >= 4 is 34.5 Å². The molecule has 5 heteroatoms. The summed E-state index contributed by atoms with van der Waals surface area (Å²) in [6.45, 7) is 1.98. The summed E-state index contributed by atoms with van der Waals surface area (Å²) < 4.78 is 0.966. The van der Waals surface area contributed by atoms with Gasteiger partial charge in [0.1, 0.15) is 0 Å². The number of nitrogens with zero attached hydrogens (tertiary/aromatic N) is 1. The summed E-state index contributed by atoms with van der Waals surface area (Å²) >= 11 is 2.20. The van der Waals surface area contributed by atoms with Crippen molar-refractivity contribution in [3.63, 3.8) is 0 Å². The zero-order valence-electron chi connectivity index (χ0n) is 11.2. The first-order valence-electron chi connectivity index (χ1n) is 6.81. The molecule has 1 aromatic rings. The van der Waals surface area contributed by atoms with E-state index in [1.807, 2.05) is 30.0 Å². The summed E-state index contributed by atoms with van der Waals surface area (Å²) in [7, 11) is 0. The Morgan fingerprint density at radius 1 is 1.35 bits per heavy atom. The van der Waals surface area contributed by atoms with Crippen LogP contribution in [0.5, 0.6) is 0 Å². The van der Waals surface area contributed by atoms with Gasteiger partial charge in [-0.1, -0.05) is 12.1 Å². The summed E-state index contributed by atoms with van der Waals surface area (Å²) in [5.74, 6) is -1.16. The van der Waals surface area contributed by atoms with Gasteiger partial charge in [0, 0.05) is 15.7 Å². The van der Waals surface area contributed by atoms with Gasteiger partial charge in [0.05, 0.1) is 11.5 Å². The molecule has 20 heavy (non-hydrogen) atoms. The SMILES string of the molecule is Cc1cccc(C(=O)N2C3CCC2C(C(=O)O)C3)c1I. The molecule has 3 rings (SSSR count). The topological polar surface area (TPSA) is 57.6 Å². The van der Waals surface area contributed by atoms with Gasteiger partial charge >= 0.3 is 5.97 Å². The fourth-order valence-corrected chi connectivity index (χ4v) is 4.11. The Bertz CT molecular complexity index is 586. The first kappa shape index (κ1) is 13.9. The number of carboxylic acids is 1. The van der Waals surface area contributed by atoms with Gasteiger partial charge in [-0.15, -0.1) is 0 Å². The van der Waals surface area contributed by atoms with Crippen LogP contribution in [0.25, 0.3) is 0 Å². The van der Waals surface area contributed by atoms with Crippen molar-refractivity contribution in [1.29, 1.82) is 0 Å². The number of amides is 1. The van der Waals surface area contributed by atoms with Gasteiger partial charge in [-0.2, -0.15) is 0 Å². The van der Waals surface area contributed by atoms with E-state index in [9.17, 15) is 14.7 Å². The van der Waals surface area contributed by atoms with Crippen molar-refractivity contribution in [3.8, 4) is 0 Å². The maximum Gasteiger partial charge on any atom is 0.308 e. The Kier molecular flexibility index (Phi) is 3.48. The molecule has 0 aromatic heterocycles. The Morgan fingerprint density at radius 2 is 2.10 bits per heavy atom. The van der Waals surface area contributed by atoms with E-state index in [0.717, 1.165) is 22.0 Å². The normalized spacial score (nSPS) is 27.9. The number of fused-ring (bicyclic) bond motifs is 2. The molecule has 2 aliphatic rings. The standard InChI is InChI=1S/C15H16INO3/c1-8-3-2-4-10(13(8)16)14(18)17-9-5-6-12(17)11(7-9)15(19)20/h2-4,9,11-12H,5-7H2,1H3,(H,19,20). The van der Waals surface area contributed by atoms with Crippen molar-refractivity contribution in [2.24, 2.45) is 5.92 Å². The molecule has 0 saturated carbocycles. The van der Waals surface area contributed by atoms with Crippen LogP contribution >= 0.6 is 22.6 Å². The lowest BCUT2D eigenvalue weighted by Crippen LogP contribution is -2.38. The lowest BCUT2D eigenvalue weighted by atomic mass is 9.89. The number of rotatable bonds is 2. The van der Waals surface area contributed by atoms with Gasteiger partial charge in [0.15, 0.2) is 0 Å². The van der Waals surface area contributed by atoms with Crippen molar-refractivity contribution in [3.05, 3.63) is 32.9 Å². The zero-order valence-corrected chi connectivity index (χ0v) is 13.3. The van der Waals surface area contributed by atoms with Crippen LogP contribution < -0.4 is 0 Å². The van der Waals surface area contributed by atoms with E-state index in [-0.39, 0.29) is 23.9 Å². The van der Waals surface area contributed by atoms with Crippen molar-refractivity contribution < 1.29 is 14.7 Å². The number of carboxylic acid groups (broad SMARTS) is 1. The molecule has 2 heterocycles. The third kappa shape index (κ3) is 2.03. The third-order valence-electron chi connectivity index (χ3n) is 4.51. The minimum atomic E-state index is -0.770. The fraction of sp³-hybridized carbons (Fsp3) is 0.467. The quantitative estimate of drug-likeness (QED) is 0.797. The predicted molar refractivity (Wildman–Crippen MR) is 82.6 cm³/mol. The molecule has 2 fully saturated rings. The number of hydrogen-bond acceptors (Lipinski definition) is 2. The number of aliphatic carboxylic acids is 1. The van der Waals surface area contributed by atoms with Gasteiger partial charge in [-0.05, 0) is 60.4 Å². The van der Waals surface area contributed by atoms with Gasteiger partial charge in [-0.3, -0.25) is 9.59 Å². The average Bonchev–Trinajstić information content (AvgIpc) is 2.98. The minimum Gasteiger partial charge on any atom is -0.481 e. The smallest absolute Gasteiger partial charge is 0.308 e. The molecule has 3 atom stereocenters. The Hall–Kier alpha value is -1.11. The van der Waals surface area contributed by atoms with Crippen LogP contribution in [0.2, 0.25) is 0 Å². The van der Waals surface area contributed by atoms with E-state index in [1.54, 1.807) is 0 Å². The highest BCUT2D eigenvalue weighted by molar-refractivity contribution is 14.1. The van der Waals surface area contributed by atoms with Crippen LogP contribution in [0.3, 0.4) is 0 Å². The summed E-state index contributed by atoms with van der Waals surface area (Å²) in [4.78, 5) is 25.9. The van der Waals surface area contributed by atoms with Crippen LogP contribution in [0.4, 0.5) is 0 Å². The van der Waals surface area contributed by atoms with Gasteiger partial charge in [0.2, 0.25) is 0 Å². The largest absolute Gasteiger partial charge is 0.481 e. The second kappa shape index (κ2) is 5.02. The van der Waals surface area contributed by atoms with Gasteiger partial charge in [0.25, 0.3) is 5.91 Å². The number of hydrogen-bond donors (Lipinski definition) is 1. The number of aryl methyl sites for hydroxylation is 1. The Balaban J connectivity index is 1.92. The molecule has 106 valence electrons. The van der Waals surface area contributed by atoms with E-state index in [0.29, 0.717) is 12.0 Å². The highest BCUT2D eigenvalue weighted by Gasteiger charge is 2.51. The highest BCUT2D eigenvalue weighted by Crippen LogP contribution is 2.42. The first-order valence-corrected chi connectivity index (χ1v) is 7.89. The molecule has 4 nitrogen and oxygen atoms in total. The van der Waals surface area contributed by atoms with Gasteiger partial charge in [-0.25, -0.2) is 0 Å². The molecule has 3 unspecified atom stereocenters. The number of carbonyl (C=O) groups is 2. The maximum atomic E-state index is 12.8. The number of benzene rings is 1. The molecular weight excluding hydrogens is 369 g/mol. The van der Waals surface area contributed by atoms with Crippen molar-refractivity contribution in [2.75, 3.05) is 0 Å². The molecule has 2 bridgehead atoms. The number of halogens is 1. The van der Waals surface area contributed by atoms with E-state index < -0.39 is 5.97 Å². The lowest BCUT2D eigenvalue weighted by Gasteiger charge is -2.24. The highest BCUT2D eigenvalue weighted by atomic mass is 127. The van der Waals surface area contributed by atoms with Gasteiger partial charge < -0.3 is 10.0 Å². The molecule has 0 spiro atoms. The molecule has 2 saturated heterocycles. The first-order chi connectivity index (χ1) is 9.50. The monoisotopic (exact) mass is 385 g/mol. The maximum absolute atomic E-state index is 12.8. The van der Waals surface area contributed by atoms with Crippen LogP contribution in [-0.2, 0) is 4.79 Å². The van der Waals surface area contributed by atoms with E-state index in [4.69, 9.17) is 0 Å². The predicted octanol–water partition coefficient (Wildman–Crippen LogP) is 2.68. The summed E-state index contributed by atoms with van der Waals surface area (Å²) in [6, 6.07) is 5.69. The van der Waals surface area contributed by atoms with E-state index in [1.165, 1.54) is 0 Å². The fourth-order valence-electron chi connectivity index (χ4n) is 3.52. The lowest BCUT2D eigenvalue weighted by molar-refractivity contribution is -0.142. The van der Waals surface area contributed by atoms with Crippen LogP contribution in [0.15, 0.2) is 18.2 Å². The molecule has 1 N–H and O–H groups in total. The van der Waals surface area contributed by atoms with Crippen LogP contribution in [0, 0.1) is 16.4 Å². The molecule has 2 aliphatic heterocycles. The Morgan fingerprint density at radius 3 is 2.75 bits per heavy atom. The number of carbonyl (C=O) groups excluding carboxylic acids is 1. The van der Waals surface area contributed by atoms with Crippen LogP contribution in [0.1, 0.15) is 35.2 Å². The third-order valence-corrected chi connectivity index (χ3v) is 5.94. The van der Waals surface area contributed by atoms with Crippen LogP contribution in [-0.4, -0.2) is 34.0 Å². The van der Waals surface area contributed by atoms with E-state index in [2.05, 4.69) is 22.6 Å². The summed E-state index contributed by atoms with van der Waals surface area (Å²) in [5, 5.41) is 9.26. The second-order valence-electron chi connectivity index (χ2n) is 5.63. The molecular formula is C15H16INO3. The zero-order chi connectivity index (χ0) is 14.4. The van der Waals surface area contributed by atoms with Crippen molar-refractivity contribution in [2.45, 2.75) is 38.3 Å². The molecule has 1 amide bonds. The second-order valence-corrected chi connectivity index (χ2v) is 6.71. The minimum absolute atomic E-state index is 0.00523. The molecule has 0 radical (unpaired) electrons. The summed E-state index contributed by atoms with van der Waals surface area (Å²) in [6.07, 6.45) is 2.35. The molecule has 1 aromatic carbocycles. The Labute approximate surface area is 131 Å². The van der Waals surface area contributed by atoms with E-state index >= 15 is 0 Å². The average molecular weight is 385 g/mol. The van der Waals surface area contributed by atoms with Crippen molar-refractivity contribution in [1.82, 2.24) is 4.90 Å². The molecule has 0 aliphatic carbocycles. The summed E-state index contributed by atoms with van der Waals surface area (Å²) in [5.41, 5.74) is 1.78.